The molecule has 1 aromatic rings. The quantitative estimate of drug-likeness (QED) is 0.554. The Kier molecular flexibility index (Phi) is 4.89. The molecule has 1 aromatic carbocycles. The Morgan fingerprint density at radius 1 is 1.40 bits per heavy atom. The predicted octanol–water partition coefficient (Wildman–Crippen LogP) is 3.95. The van der Waals surface area contributed by atoms with Crippen LogP contribution in [0, 0.1) is 12.8 Å². The van der Waals surface area contributed by atoms with Crippen molar-refractivity contribution in [2.75, 3.05) is 5.75 Å². The van der Waals surface area contributed by atoms with E-state index >= 15 is 0 Å². The van der Waals surface area contributed by atoms with Crippen molar-refractivity contribution >= 4 is 18.0 Å². The van der Waals surface area contributed by atoms with Crippen molar-refractivity contribution < 1.29 is 4.79 Å². The number of carbonyl (C=O) groups excluding carboxylic acids is 1. The van der Waals surface area contributed by atoms with E-state index in [1.54, 1.807) is 0 Å². The third kappa shape index (κ3) is 4.08. The molecule has 0 atom stereocenters. The molecule has 0 heterocycles. The van der Waals surface area contributed by atoms with Crippen molar-refractivity contribution in [3.05, 3.63) is 29.3 Å². The molecule has 0 aliphatic carbocycles. The van der Waals surface area contributed by atoms with Gasteiger partial charge in [-0.3, -0.25) is 4.79 Å². The van der Waals surface area contributed by atoms with E-state index in [9.17, 15) is 4.79 Å². The van der Waals surface area contributed by atoms with Gasteiger partial charge in [0.1, 0.15) is 6.29 Å². The molecule has 0 fully saturated rings. The number of hydrogen-bond donors (Lipinski definition) is 0. The Labute approximate surface area is 96.3 Å². The minimum absolute atomic E-state index is 0.757. The molecule has 0 amide bonds. The minimum atomic E-state index is 0.757. The molecular weight excluding hydrogens is 204 g/mol. The average molecular weight is 222 g/mol. The fraction of sp³-hybridized carbons (Fsp3) is 0.462. The Balaban J connectivity index is 2.56. The summed E-state index contributed by atoms with van der Waals surface area (Å²) in [5.41, 5.74) is 1.86. The Bertz CT molecular complexity index is 331. The van der Waals surface area contributed by atoms with E-state index in [2.05, 4.69) is 19.9 Å². The molecule has 0 unspecified atom stereocenters. The molecule has 82 valence electrons. The van der Waals surface area contributed by atoms with E-state index in [0.717, 1.165) is 29.1 Å². The molecular formula is C13H18OS. The smallest absolute Gasteiger partial charge is 0.150 e. The zero-order valence-electron chi connectivity index (χ0n) is 9.62. The van der Waals surface area contributed by atoms with Crippen LogP contribution in [0.15, 0.2) is 23.1 Å². The van der Waals surface area contributed by atoms with E-state index in [4.69, 9.17) is 0 Å². The van der Waals surface area contributed by atoms with Gasteiger partial charge in [-0.25, -0.2) is 0 Å². The van der Waals surface area contributed by atoms with Gasteiger partial charge in [0.25, 0.3) is 0 Å². The summed E-state index contributed by atoms with van der Waals surface area (Å²) in [6, 6.07) is 6.02. The Morgan fingerprint density at radius 3 is 2.67 bits per heavy atom. The van der Waals surface area contributed by atoms with E-state index in [0.29, 0.717) is 0 Å². The maximum Gasteiger partial charge on any atom is 0.150 e. The normalized spacial score (nSPS) is 10.7. The lowest BCUT2D eigenvalue weighted by Crippen LogP contribution is -1.90. The molecule has 1 rings (SSSR count). The summed E-state index contributed by atoms with van der Waals surface area (Å²) in [4.78, 5) is 11.9. The second kappa shape index (κ2) is 5.96. The molecule has 0 bridgehead atoms. The van der Waals surface area contributed by atoms with Gasteiger partial charge in [0.05, 0.1) is 0 Å². The van der Waals surface area contributed by atoms with Crippen LogP contribution >= 0.6 is 11.8 Å². The first-order chi connectivity index (χ1) is 7.13. The lowest BCUT2D eigenvalue weighted by molar-refractivity contribution is 0.112. The molecule has 1 nitrogen and oxygen atoms in total. The van der Waals surface area contributed by atoms with Crippen LogP contribution < -0.4 is 0 Å². The van der Waals surface area contributed by atoms with Crippen molar-refractivity contribution in [1.29, 1.82) is 0 Å². The van der Waals surface area contributed by atoms with Gasteiger partial charge in [-0.05, 0) is 42.7 Å². The van der Waals surface area contributed by atoms with Crippen LogP contribution in [0.25, 0.3) is 0 Å². The van der Waals surface area contributed by atoms with E-state index in [1.165, 1.54) is 11.3 Å². The summed E-state index contributed by atoms with van der Waals surface area (Å²) >= 11 is 1.87. The lowest BCUT2D eigenvalue weighted by atomic mass is 10.1. The van der Waals surface area contributed by atoms with Gasteiger partial charge in [0.15, 0.2) is 0 Å². The fourth-order valence-corrected chi connectivity index (χ4v) is 2.53. The first kappa shape index (κ1) is 12.3. The van der Waals surface area contributed by atoms with E-state index < -0.39 is 0 Å². The molecule has 0 saturated carbocycles. The van der Waals surface area contributed by atoms with Crippen LogP contribution in [0.3, 0.4) is 0 Å². The first-order valence-corrected chi connectivity index (χ1v) is 6.30. The van der Waals surface area contributed by atoms with Crippen LogP contribution in [-0.4, -0.2) is 12.0 Å². The van der Waals surface area contributed by atoms with Gasteiger partial charge >= 0.3 is 0 Å². The van der Waals surface area contributed by atoms with Gasteiger partial charge in [0, 0.05) is 10.5 Å². The maximum atomic E-state index is 10.6. The number of aldehydes is 1. The lowest BCUT2D eigenvalue weighted by Gasteiger charge is -2.06. The highest BCUT2D eigenvalue weighted by molar-refractivity contribution is 7.99. The predicted molar refractivity (Wildman–Crippen MR) is 66.7 cm³/mol. The van der Waals surface area contributed by atoms with Gasteiger partial charge in [-0.1, -0.05) is 19.9 Å². The zero-order valence-corrected chi connectivity index (χ0v) is 10.4. The summed E-state index contributed by atoms with van der Waals surface area (Å²) in [7, 11) is 0. The summed E-state index contributed by atoms with van der Waals surface area (Å²) in [6.07, 6.45) is 2.15. The Morgan fingerprint density at radius 2 is 2.13 bits per heavy atom. The average Bonchev–Trinajstić information content (AvgIpc) is 2.17. The van der Waals surface area contributed by atoms with Crippen LogP contribution in [-0.2, 0) is 0 Å². The van der Waals surface area contributed by atoms with Crippen molar-refractivity contribution in [2.45, 2.75) is 32.1 Å². The molecule has 0 aliphatic heterocycles. The summed E-state index contributed by atoms with van der Waals surface area (Å²) in [5.74, 6) is 1.91. The number of benzene rings is 1. The number of hydrogen-bond acceptors (Lipinski definition) is 2. The standard InChI is InChI=1S/C13H18OS/c1-10(2)6-7-15-13-5-4-12(9-14)11(3)8-13/h4-5,8-10H,6-7H2,1-3H3. The molecule has 0 spiro atoms. The molecule has 0 saturated heterocycles. The molecule has 15 heavy (non-hydrogen) atoms. The van der Waals surface area contributed by atoms with Crippen molar-refractivity contribution in [1.82, 2.24) is 0 Å². The molecule has 0 aromatic heterocycles. The van der Waals surface area contributed by atoms with Crippen molar-refractivity contribution in [3.8, 4) is 0 Å². The highest BCUT2D eigenvalue weighted by atomic mass is 32.2. The minimum Gasteiger partial charge on any atom is -0.298 e. The SMILES string of the molecule is Cc1cc(SCCC(C)C)ccc1C=O. The summed E-state index contributed by atoms with van der Waals surface area (Å²) < 4.78 is 0. The summed E-state index contributed by atoms with van der Waals surface area (Å²) in [6.45, 7) is 6.46. The number of carbonyl (C=O) groups is 1. The molecule has 2 heteroatoms. The van der Waals surface area contributed by atoms with Crippen molar-refractivity contribution in [3.63, 3.8) is 0 Å². The molecule has 0 N–H and O–H groups in total. The van der Waals surface area contributed by atoms with Gasteiger partial charge in [-0.15, -0.1) is 11.8 Å². The zero-order chi connectivity index (χ0) is 11.3. The molecule has 0 aliphatic rings. The van der Waals surface area contributed by atoms with Crippen LogP contribution in [0.2, 0.25) is 0 Å². The number of thioether (sulfide) groups is 1. The highest BCUT2D eigenvalue weighted by Gasteiger charge is 2.00. The first-order valence-electron chi connectivity index (χ1n) is 5.32. The Hall–Kier alpha value is -0.760. The number of aryl methyl sites for hydroxylation is 1. The van der Waals surface area contributed by atoms with Gasteiger partial charge in [-0.2, -0.15) is 0 Å². The monoisotopic (exact) mass is 222 g/mol. The third-order valence-electron chi connectivity index (χ3n) is 2.33. The third-order valence-corrected chi connectivity index (χ3v) is 3.36. The topological polar surface area (TPSA) is 17.1 Å². The summed E-state index contributed by atoms with van der Waals surface area (Å²) in [5, 5.41) is 0. The largest absolute Gasteiger partial charge is 0.298 e. The van der Waals surface area contributed by atoms with Crippen LogP contribution in [0.4, 0.5) is 0 Å². The highest BCUT2D eigenvalue weighted by Crippen LogP contribution is 2.22. The molecule has 0 radical (unpaired) electrons. The van der Waals surface area contributed by atoms with E-state index in [1.807, 2.05) is 30.8 Å². The maximum absolute atomic E-state index is 10.6. The van der Waals surface area contributed by atoms with Crippen molar-refractivity contribution in [2.24, 2.45) is 5.92 Å². The van der Waals surface area contributed by atoms with Gasteiger partial charge in [0.2, 0.25) is 0 Å². The second-order valence-electron chi connectivity index (χ2n) is 4.17. The van der Waals surface area contributed by atoms with Crippen LogP contribution in [0.1, 0.15) is 36.2 Å². The van der Waals surface area contributed by atoms with Gasteiger partial charge < -0.3 is 0 Å². The number of rotatable bonds is 5. The van der Waals surface area contributed by atoms with E-state index in [-0.39, 0.29) is 0 Å². The second-order valence-corrected chi connectivity index (χ2v) is 5.34. The van der Waals surface area contributed by atoms with Crippen LogP contribution in [0.5, 0.6) is 0 Å². The fourth-order valence-electron chi connectivity index (χ4n) is 1.28.